The van der Waals surface area contributed by atoms with Crippen LogP contribution in [-0.4, -0.2) is 18.3 Å². The van der Waals surface area contributed by atoms with Gasteiger partial charge in [-0.2, -0.15) is 0 Å². The van der Waals surface area contributed by atoms with Crippen molar-refractivity contribution < 1.29 is 18.7 Å². The van der Waals surface area contributed by atoms with E-state index in [1.165, 1.54) is 11.3 Å². The fraction of sp³-hybridized carbons (Fsp3) is 0.300. The van der Waals surface area contributed by atoms with E-state index in [1.54, 1.807) is 12.1 Å². The van der Waals surface area contributed by atoms with E-state index in [9.17, 15) is 9.59 Å². The average molecular weight is 406 g/mol. The molecule has 2 aromatic heterocycles. The van der Waals surface area contributed by atoms with Crippen molar-refractivity contribution in [2.45, 2.75) is 32.7 Å². The van der Waals surface area contributed by atoms with E-state index >= 15 is 0 Å². The van der Waals surface area contributed by atoms with E-state index in [0.29, 0.717) is 32.9 Å². The number of halogens is 1. The Balaban J connectivity index is 1.60. The predicted octanol–water partition coefficient (Wildman–Crippen LogP) is 5.39. The molecule has 3 aromatic rings. The van der Waals surface area contributed by atoms with Gasteiger partial charge in [-0.15, -0.1) is 11.3 Å². The van der Waals surface area contributed by atoms with Gasteiger partial charge in [-0.1, -0.05) is 23.7 Å². The summed E-state index contributed by atoms with van der Waals surface area (Å²) in [6.07, 6.45) is 0.257. The molecule has 0 bridgehead atoms. The Morgan fingerprint density at radius 2 is 2.07 bits per heavy atom. The van der Waals surface area contributed by atoms with E-state index in [4.69, 9.17) is 20.8 Å². The van der Waals surface area contributed by atoms with Crippen LogP contribution in [0.4, 0.5) is 0 Å². The molecule has 1 aromatic carbocycles. The highest BCUT2D eigenvalue weighted by Gasteiger charge is 2.17. The molecule has 1 unspecified atom stereocenters. The molecule has 0 radical (unpaired) electrons. The number of ether oxygens (including phenoxy) is 1. The summed E-state index contributed by atoms with van der Waals surface area (Å²) in [4.78, 5) is 24.8. The number of fused-ring (bicyclic) bond motifs is 1. The van der Waals surface area contributed by atoms with Crippen molar-refractivity contribution in [2.75, 3.05) is 6.61 Å². The number of rotatable bonds is 8. The monoisotopic (exact) mass is 405 g/mol. The van der Waals surface area contributed by atoms with Crippen molar-refractivity contribution in [3.05, 3.63) is 51.4 Å². The molecule has 1 atom stereocenters. The molecule has 0 aliphatic rings. The van der Waals surface area contributed by atoms with E-state index in [0.717, 1.165) is 5.39 Å². The number of nitrogens with one attached hydrogen (secondary N) is 1. The van der Waals surface area contributed by atoms with Gasteiger partial charge in [-0.25, -0.2) is 0 Å². The number of thiophene rings is 1. The van der Waals surface area contributed by atoms with Gasteiger partial charge in [0.2, 0.25) is 5.91 Å². The van der Waals surface area contributed by atoms with Gasteiger partial charge in [-0.3, -0.25) is 9.59 Å². The molecule has 7 heteroatoms. The molecule has 0 aliphatic heterocycles. The minimum absolute atomic E-state index is 0.0835. The highest BCUT2D eigenvalue weighted by molar-refractivity contribution is 7.18. The second kappa shape index (κ2) is 8.59. The van der Waals surface area contributed by atoms with Crippen LogP contribution in [0, 0.1) is 0 Å². The van der Waals surface area contributed by atoms with Gasteiger partial charge in [0.25, 0.3) is 0 Å². The molecule has 142 valence electrons. The number of amides is 1. The van der Waals surface area contributed by atoms with Crippen molar-refractivity contribution in [1.82, 2.24) is 5.32 Å². The molecule has 0 aliphatic carbocycles. The molecule has 0 saturated heterocycles. The first-order valence-electron chi connectivity index (χ1n) is 8.71. The second-order valence-electron chi connectivity index (χ2n) is 6.07. The molecule has 5 nitrogen and oxygen atoms in total. The lowest BCUT2D eigenvalue weighted by Crippen LogP contribution is -2.26. The van der Waals surface area contributed by atoms with Gasteiger partial charge in [0.15, 0.2) is 17.1 Å². The SMILES string of the molecule is CCOc1cccc2cc(C(C)NC(=O)CCC(=O)c3ccc(Cl)s3)oc12. The summed E-state index contributed by atoms with van der Waals surface area (Å²) in [6, 6.07) is 10.6. The van der Waals surface area contributed by atoms with Crippen LogP contribution in [0.5, 0.6) is 5.75 Å². The van der Waals surface area contributed by atoms with Crippen molar-refractivity contribution >= 4 is 45.6 Å². The van der Waals surface area contributed by atoms with Gasteiger partial charge >= 0.3 is 0 Å². The molecule has 1 amide bonds. The number of hydrogen-bond donors (Lipinski definition) is 1. The highest BCUT2D eigenvalue weighted by atomic mass is 35.5. The van der Waals surface area contributed by atoms with Crippen LogP contribution >= 0.6 is 22.9 Å². The second-order valence-corrected chi connectivity index (χ2v) is 7.79. The first-order valence-corrected chi connectivity index (χ1v) is 9.90. The van der Waals surface area contributed by atoms with Crippen LogP contribution in [0.2, 0.25) is 4.34 Å². The number of carbonyl (C=O) groups is 2. The van der Waals surface area contributed by atoms with Crippen molar-refractivity contribution in [3.63, 3.8) is 0 Å². The third-order valence-electron chi connectivity index (χ3n) is 4.06. The molecule has 2 heterocycles. The fourth-order valence-electron chi connectivity index (χ4n) is 2.74. The van der Waals surface area contributed by atoms with E-state index in [-0.39, 0.29) is 30.6 Å². The Labute approximate surface area is 166 Å². The van der Waals surface area contributed by atoms with Gasteiger partial charge < -0.3 is 14.5 Å². The molecule has 0 fully saturated rings. The zero-order chi connectivity index (χ0) is 19.4. The Bertz CT molecular complexity index is 962. The van der Waals surface area contributed by atoms with Crippen LogP contribution in [0.1, 0.15) is 48.2 Å². The summed E-state index contributed by atoms with van der Waals surface area (Å²) in [6.45, 7) is 4.30. The third kappa shape index (κ3) is 4.70. The van der Waals surface area contributed by atoms with Crippen LogP contribution in [0.15, 0.2) is 40.8 Å². The minimum Gasteiger partial charge on any atom is -0.490 e. The summed E-state index contributed by atoms with van der Waals surface area (Å²) >= 11 is 7.06. The normalized spacial score (nSPS) is 12.1. The van der Waals surface area contributed by atoms with Crippen LogP contribution < -0.4 is 10.1 Å². The largest absolute Gasteiger partial charge is 0.490 e. The van der Waals surface area contributed by atoms with Crippen LogP contribution in [0.25, 0.3) is 11.0 Å². The maximum atomic E-state index is 12.2. The minimum atomic E-state index is -0.314. The fourth-order valence-corrected chi connectivity index (χ4v) is 3.75. The summed E-state index contributed by atoms with van der Waals surface area (Å²) in [5.74, 6) is 1.03. The average Bonchev–Trinajstić information content (AvgIpc) is 3.27. The molecular weight excluding hydrogens is 386 g/mol. The molecular formula is C20H20ClNO4S. The lowest BCUT2D eigenvalue weighted by atomic mass is 10.1. The van der Waals surface area contributed by atoms with Crippen molar-refractivity contribution in [1.29, 1.82) is 0 Å². The summed E-state index contributed by atoms with van der Waals surface area (Å²) in [5, 5.41) is 3.79. The Kier molecular flexibility index (Phi) is 6.19. The van der Waals surface area contributed by atoms with Gasteiger partial charge in [0.05, 0.1) is 21.9 Å². The number of carbonyl (C=O) groups excluding carboxylic acids is 2. The zero-order valence-electron chi connectivity index (χ0n) is 15.1. The van der Waals surface area contributed by atoms with E-state index < -0.39 is 0 Å². The molecule has 27 heavy (non-hydrogen) atoms. The topological polar surface area (TPSA) is 68.5 Å². The smallest absolute Gasteiger partial charge is 0.221 e. The summed E-state index contributed by atoms with van der Waals surface area (Å²) in [7, 11) is 0. The molecule has 3 rings (SSSR count). The van der Waals surface area contributed by atoms with Crippen molar-refractivity contribution in [3.8, 4) is 5.75 Å². The number of benzene rings is 1. The number of furan rings is 1. The predicted molar refractivity (Wildman–Crippen MR) is 107 cm³/mol. The van der Waals surface area contributed by atoms with Gasteiger partial charge in [-0.05, 0) is 38.1 Å². The van der Waals surface area contributed by atoms with Crippen molar-refractivity contribution in [2.24, 2.45) is 0 Å². The zero-order valence-corrected chi connectivity index (χ0v) is 16.7. The maximum absolute atomic E-state index is 12.2. The maximum Gasteiger partial charge on any atom is 0.221 e. The Hall–Kier alpha value is -2.31. The van der Waals surface area contributed by atoms with Gasteiger partial charge in [0, 0.05) is 18.2 Å². The first-order chi connectivity index (χ1) is 13.0. The standard InChI is InChI=1S/C20H20ClNO4S/c1-3-25-15-6-4-5-13-11-16(26-20(13)15)12(2)22-19(24)10-7-14(23)17-8-9-18(21)27-17/h4-6,8-9,11-12H,3,7,10H2,1-2H3,(H,22,24). The van der Waals surface area contributed by atoms with E-state index in [2.05, 4.69) is 5.32 Å². The number of Topliss-reactive ketones (excluding diaryl/α,β-unsaturated/α-hetero) is 1. The number of para-hydroxylation sites is 1. The molecule has 1 N–H and O–H groups in total. The van der Waals surface area contributed by atoms with Gasteiger partial charge in [0.1, 0.15) is 5.76 Å². The molecule has 0 saturated carbocycles. The highest BCUT2D eigenvalue weighted by Crippen LogP contribution is 2.31. The third-order valence-corrected chi connectivity index (χ3v) is 5.33. The summed E-state index contributed by atoms with van der Waals surface area (Å²) < 4.78 is 12.0. The lowest BCUT2D eigenvalue weighted by Gasteiger charge is -2.11. The molecule has 0 spiro atoms. The van der Waals surface area contributed by atoms with Crippen LogP contribution in [0.3, 0.4) is 0 Å². The Morgan fingerprint density at radius 1 is 1.26 bits per heavy atom. The Morgan fingerprint density at radius 3 is 2.78 bits per heavy atom. The lowest BCUT2D eigenvalue weighted by molar-refractivity contribution is -0.121. The van der Waals surface area contributed by atoms with E-state index in [1.807, 2.05) is 38.1 Å². The number of hydrogen-bond acceptors (Lipinski definition) is 5. The quantitative estimate of drug-likeness (QED) is 0.510. The van der Waals surface area contributed by atoms with Crippen LogP contribution in [-0.2, 0) is 4.79 Å². The summed E-state index contributed by atoms with van der Waals surface area (Å²) in [5.41, 5.74) is 0.667. The first kappa shape index (κ1) is 19.5. The number of ketones is 1.